The fourth-order valence-electron chi connectivity index (χ4n) is 4.05. The molecule has 3 heterocycles. The number of benzene rings is 2. The minimum absolute atomic E-state index is 0.0463. The van der Waals surface area contributed by atoms with Crippen molar-refractivity contribution in [3.8, 4) is 5.75 Å². The van der Waals surface area contributed by atoms with Gasteiger partial charge >= 0.3 is 5.91 Å². The van der Waals surface area contributed by atoms with Gasteiger partial charge in [0.05, 0.1) is 29.2 Å². The van der Waals surface area contributed by atoms with E-state index in [9.17, 15) is 14.7 Å². The van der Waals surface area contributed by atoms with Crippen molar-refractivity contribution in [2.45, 2.75) is 19.9 Å². The summed E-state index contributed by atoms with van der Waals surface area (Å²) < 4.78 is 11.8. The Labute approximate surface area is 193 Å². The summed E-state index contributed by atoms with van der Waals surface area (Å²) in [6.45, 7) is 3.81. The molecule has 1 aliphatic rings. The molecule has 0 bridgehead atoms. The Hall–Kier alpha value is -3.91. The van der Waals surface area contributed by atoms with Crippen LogP contribution in [0.4, 0.5) is 5.13 Å². The molecule has 1 atom stereocenters. The molecule has 0 radical (unpaired) electrons. The summed E-state index contributed by atoms with van der Waals surface area (Å²) in [6.07, 6.45) is 1.47. The van der Waals surface area contributed by atoms with E-state index in [2.05, 4.69) is 4.98 Å². The van der Waals surface area contributed by atoms with Gasteiger partial charge in [-0.3, -0.25) is 14.5 Å². The van der Waals surface area contributed by atoms with E-state index in [0.717, 1.165) is 21.3 Å². The number of amides is 1. The minimum atomic E-state index is -0.941. The number of aromatic nitrogens is 1. The van der Waals surface area contributed by atoms with Crippen molar-refractivity contribution in [3.05, 3.63) is 82.8 Å². The van der Waals surface area contributed by atoms with E-state index < -0.39 is 17.7 Å². The van der Waals surface area contributed by atoms with Crippen molar-refractivity contribution in [2.75, 3.05) is 12.0 Å². The highest BCUT2D eigenvalue weighted by Crippen LogP contribution is 2.44. The highest BCUT2D eigenvalue weighted by molar-refractivity contribution is 7.22. The normalized spacial score (nSPS) is 17.8. The zero-order valence-electron chi connectivity index (χ0n) is 18.2. The Morgan fingerprint density at radius 3 is 2.67 bits per heavy atom. The molecule has 8 heteroatoms. The lowest BCUT2D eigenvalue weighted by Crippen LogP contribution is -2.29. The van der Waals surface area contributed by atoms with E-state index in [4.69, 9.17) is 9.15 Å². The fraction of sp³-hybridized carbons (Fsp3) is 0.160. The van der Waals surface area contributed by atoms with Crippen LogP contribution in [0, 0.1) is 13.8 Å². The number of hydrogen-bond acceptors (Lipinski definition) is 7. The van der Waals surface area contributed by atoms with Gasteiger partial charge in [0.2, 0.25) is 0 Å². The number of aliphatic hydroxyl groups excluding tert-OH is 1. The molecule has 7 nitrogen and oxygen atoms in total. The fourth-order valence-corrected chi connectivity index (χ4v) is 5.14. The van der Waals surface area contributed by atoms with Crippen LogP contribution < -0.4 is 9.64 Å². The molecule has 0 spiro atoms. The highest BCUT2D eigenvalue weighted by atomic mass is 32.1. The number of furan rings is 1. The predicted molar refractivity (Wildman–Crippen MR) is 126 cm³/mol. The van der Waals surface area contributed by atoms with Gasteiger partial charge in [-0.15, -0.1) is 0 Å². The van der Waals surface area contributed by atoms with Crippen molar-refractivity contribution in [1.29, 1.82) is 0 Å². The number of thiazole rings is 1. The Morgan fingerprint density at radius 1 is 1.15 bits per heavy atom. The number of ether oxygens (including phenoxy) is 1. The van der Waals surface area contributed by atoms with Gasteiger partial charge < -0.3 is 14.3 Å². The van der Waals surface area contributed by atoms with Gasteiger partial charge in [-0.1, -0.05) is 17.4 Å². The first kappa shape index (κ1) is 21.0. The van der Waals surface area contributed by atoms with Gasteiger partial charge in [-0.25, -0.2) is 4.98 Å². The summed E-state index contributed by atoms with van der Waals surface area (Å²) in [6, 6.07) is 13.3. The standard InChI is InChI=1S/C25H20N2O5S/c1-13-6-8-16-19(11-13)33-25(26-16)27-21(18-5-4-10-32-18)20(23(29)24(27)30)22(28)15-7-9-17(31-3)14(2)12-15/h4-12,21,28H,1-3H3/b22-20+/t21-/m0/s1. The number of rotatable bonds is 4. The van der Waals surface area contributed by atoms with Crippen LogP contribution in [0.15, 0.2) is 64.8 Å². The number of nitrogens with zero attached hydrogens (tertiary/aromatic N) is 2. The number of aryl methyl sites for hydroxylation is 2. The first-order valence-electron chi connectivity index (χ1n) is 10.3. The average Bonchev–Trinajstić information content (AvgIpc) is 3.52. The molecule has 1 fully saturated rings. The molecule has 5 rings (SSSR count). The van der Waals surface area contributed by atoms with Crippen molar-refractivity contribution >= 4 is 44.1 Å². The van der Waals surface area contributed by atoms with Crippen LogP contribution in [0.1, 0.15) is 28.5 Å². The van der Waals surface area contributed by atoms with Crippen LogP contribution in [-0.4, -0.2) is 28.9 Å². The summed E-state index contributed by atoms with van der Waals surface area (Å²) in [5.74, 6) is -0.826. The molecule has 0 aliphatic carbocycles. The maximum Gasteiger partial charge on any atom is 0.302 e. The van der Waals surface area contributed by atoms with Crippen molar-refractivity contribution in [1.82, 2.24) is 4.98 Å². The van der Waals surface area contributed by atoms with Gasteiger partial charge in [0.1, 0.15) is 23.3 Å². The van der Waals surface area contributed by atoms with Crippen molar-refractivity contribution < 1.29 is 23.8 Å². The largest absolute Gasteiger partial charge is 0.507 e. The first-order chi connectivity index (χ1) is 15.9. The molecule has 4 aromatic rings. The molecule has 1 N–H and O–H groups in total. The Kier molecular flexibility index (Phi) is 5.02. The number of carbonyl (C=O) groups is 2. The zero-order chi connectivity index (χ0) is 23.3. The maximum absolute atomic E-state index is 13.2. The summed E-state index contributed by atoms with van der Waals surface area (Å²) in [5.41, 5.74) is 2.94. The Bertz CT molecular complexity index is 1430. The second-order valence-corrected chi connectivity index (χ2v) is 8.85. The van der Waals surface area contributed by atoms with E-state index in [-0.39, 0.29) is 11.3 Å². The van der Waals surface area contributed by atoms with E-state index in [1.807, 2.05) is 32.0 Å². The van der Waals surface area contributed by atoms with Crippen molar-refractivity contribution in [2.24, 2.45) is 0 Å². The minimum Gasteiger partial charge on any atom is -0.507 e. The van der Waals surface area contributed by atoms with Gasteiger partial charge in [0.15, 0.2) is 5.13 Å². The molecule has 166 valence electrons. The molecule has 1 aliphatic heterocycles. The maximum atomic E-state index is 13.2. The summed E-state index contributed by atoms with van der Waals surface area (Å²) in [7, 11) is 1.56. The molecule has 0 unspecified atom stereocenters. The SMILES string of the molecule is COc1ccc(/C(O)=C2\C(=O)C(=O)N(c3nc4ccc(C)cc4s3)[C@H]2c2ccco2)cc1C. The molecule has 1 saturated heterocycles. The number of aliphatic hydroxyl groups is 1. The van der Waals surface area contributed by atoms with E-state index in [1.165, 1.54) is 22.5 Å². The zero-order valence-corrected chi connectivity index (χ0v) is 19.0. The molecule has 2 aromatic heterocycles. The molecule has 0 saturated carbocycles. The van der Waals surface area contributed by atoms with Gasteiger partial charge in [0, 0.05) is 5.56 Å². The van der Waals surface area contributed by atoms with Crippen LogP contribution in [0.25, 0.3) is 16.0 Å². The number of carbonyl (C=O) groups excluding carboxylic acids is 2. The second-order valence-electron chi connectivity index (χ2n) is 7.84. The van der Waals surface area contributed by atoms with Gasteiger partial charge in [-0.05, 0) is 67.4 Å². The number of ketones is 1. The highest BCUT2D eigenvalue weighted by Gasteiger charge is 2.49. The summed E-state index contributed by atoms with van der Waals surface area (Å²) in [5, 5.41) is 11.6. The topological polar surface area (TPSA) is 92.9 Å². The number of methoxy groups -OCH3 is 1. The molecule has 2 aromatic carbocycles. The molecule has 33 heavy (non-hydrogen) atoms. The third kappa shape index (κ3) is 3.39. The quantitative estimate of drug-likeness (QED) is 0.257. The van der Waals surface area contributed by atoms with Crippen LogP contribution in [0.3, 0.4) is 0 Å². The van der Waals surface area contributed by atoms with E-state index in [1.54, 1.807) is 37.4 Å². The monoisotopic (exact) mass is 460 g/mol. The molecular weight excluding hydrogens is 440 g/mol. The van der Waals surface area contributed by atoms with E-state index >= 15 is 0 Å². The van der Waals surface area contributed by atoms with Crippen LogP contribution in [0.5, 0.6) is 5.75 Å². The van der Waals surface area contributed by atoms with E-state index in [0.29, 0.717) is 22.2 Å². The van der Waals surface area contributed by atoms with Crippen LogP contribution in [-0.2, 0) is 9.59 Å². The average molecular weight is 461 g/mol. The van der Waals surface area contributed by atoms with Gasteiger partial charge in [-0.2, -0.15) is 0 Å². The lowest BCUT2D eigenvalue weighted by molar-refractivity contribution is -0.132. The lowest BCUT2D eigenvalue weighted by Gasteiger charge is -2.20. The Balaban J connectivity index is 1.70. The second kappa shape index (κ2) is 7.90. The van der Waals surface area contributed by atoms with Gasteiger partial charge in [0.25, 0.3) is 5.78 Å². The number of Topliss-reactive ketones (excluding diaryl/α,β-unsaturated/α-hetero) is 1. The summed E-state index contributed by atoms with van der Waals surface area (Å²) in [4.78, 5) is 32.3. The Morgan fingerprint density at radius 2 is 1.97 bits per heavy atom. The van der Waals surface area contributed by atoms with Crippen LogP contribution in [0.2, 0.25) is 0 Å². The number of fused-ring (bicyclic) bond motifs is 1. The third-order valence-corrected chi connectivity index (χ3v) is 6.68. The molecular formula is C25H20N2O5S. The first-order valence-corrected chi connectivity index (χ1v) is 11.1. The number of hydrogen-bond donors (Lipinski definition) is 1. The molecule has 1 amide bonds. The smallest absolute Gasteiger partial charge is 0.302 e. The van der Waals surface area contributed by atoms with Crippen LogP contribution >= 0.6 is 11.3 Å². The lowest BCUT2D eigenvalue weighted by atomic mass is 9.98. The number of anilines is 1. The van der Waals surface area contributed by atoms with Crippen molar-refractivity contribution in [3.63, 3.8) is 0 Å². The third-order valence-electron chi connectivity index (χ3n) is 5.66. The predicted octanol–water partition coefficient (Wildman–Crippen LogP) is 5.14. The summed E-state index contributed by atoms with van der Waals surface area (Å²) >= 11 is 1.31.